The summed E-state index contributed by atoms with van der Waals surface area (Å²) < 4.78 is 5.53. The third-order valence-electron chi connectivity index (χ3n) is 3.85. The molecule has 0 aliphatic carbocycles. The Balaban J connectivity index is 2.39. The predicted octanol–water partition coefficient (Wildman–Crippen LogP) is 1.47. The molecule has 19 heavy (non-hydrogen) atoms. The summed E-state index contributed by atoms with van der Waals surface area (Å²) in [5.41, 5.74) is 8.39. The molecule has 1 aromatic carbocycles. The van der Waals surface area contributed by atoms with Gasteiger partial charge >= 0.3 is 0 Å². The first-order valence-electron chi connectivity index (χ1n) is 6.88. The van der Waals surface area contributed by atoms with Crippen LogP contribution in [0.1, 0.15) is 12.5 Å². The van der Waals surface area contributed by atoms with E-state index in [0.717, 1.165) is 18.8 Å². The molecule has 0 saturated carbocycles. The highest BCUT2D eigenvalue weighted by molar-refractivity contribution is 5.61. The van der Waals surface area contributed by atoms with Gasteiger partial charge in [-0.15, -0.1) is 0 Å². The average Bonchev–Trinajstić information content (AvgIpc) is 2.37. The normalized spacial score (nSPS) is 24.6. The second-order valence-electron chi connectivity index (χ2n) is 5.54. The highest BCUT2D eigenvalue weighted by atomic mass is 16.5. The molecule has 1 saturated heterocycles. The lowest BCUT2D eigenvalue weighted by atomic mass is 10.0. The number of methoxy groups -OCH3 is 1. The topological polar surface area (TPSA) is 41.7 Å². The van der Waals surface area contributed by atoms with Gasteiger partial charge in [-0.1, -0.05) is 6.07 Å². The highest BCUT2D eigenvalue weighted by Gasteiger charge is 2.31. The minimum absolute atomic E-state index is 0.337. The van der Waals surface area contributed by atoms with Crippen molar-refractivity contribution in [3.8, 4) is 5.75 Å². The summed E-state index contributed by atoms with van der Waals surface area (Å²) in [6, 6.07) is 7.10. The van der Waals surface area contributed by atoms with Crippen LogP contribution in [0.4, 0.5) is 5.69 Å². The fraction of sp³-hybridized carbons (Fsp3) is 0.600. The fourth-order valence-corrected chi connectivity index (χ4v) is 3.05. The summed E-state index contributed by atoms with van der Waals surface area (Å²) >= 11 is 0. The summed E-state index contributed by atoms with van der Waals surface area (Å²) in [6.45, 7) is 7.07. The van der Waals surface area contributed by atoms with Gasteiger partial charge in [-0.3, -0.25) is 0 Å². The van der Waals surface area contributed by atoms with Crippen molar-refractivity contribution < 1.29 is 4.74 Å². The summed E-state index contributed by atoms with van der Waals surface area (Å²) in [5, 5.41) is 0. The molecule has 2 rings (SSSR count). The van der Waals surface area contributed by atoms with E-state index in [9.17, 15) is 0 Å². The number of hydrogen-bond acceptors (Lipinski definition) is 4. The molecule has 1 aliphatic heterocycles. The van der Waals surface area contributed by atoms with Crippen LogP contribution in [0.3, 0.4) is 0 Å². The van der Waals surface area contributed by atoms with Crippen molar-refractivity contribution in [3.05, 3.63) is 23.8 Å². The number of nitrogens with two attached hydrogens (primary N) is 1. The molecule has 4 nitrogen and oxygen atoms in total. The molecule has 0 spiro atoms. The van der Waals surface area contributed by atoms with Crippen LogP contribution in [0.5, 0.6) is 5.75 Å². The number of anilines is 1. The number of likely N-dealkylation sites (N-methyl/N-ethyl adjacent to an activating group) is 1. The Morgan fingerprint density at radius 2 is 2.11 bits per heavy atom. The second kappa shape index (κ2) is 5.80. The van der Waals surface area contributed by atoms with Crippen molar-refractivity contribution in [2.45, 2.75) is 25.9 Å². The largest absolute Gasteiger partial charge is 0.495 e. The van der Waals surface area contributed by atoms with Crippen molar-refractivity contribution in [2.24, 2.45) is 5.73 Å². The molecular formula is C15H25N3O. The first kappa shape index (κ1) is 14.2. The zero-order valence-corrected chi connectivity index (χ0v) is 12.4. The fourth-order valence-electron chi connectivity index (χ4n) is 3.05. The molecule has 1 aliphatic rings. The van der Waals surface area contributed by atoms with Crippen molar-refractivity contribution in [1.29, 1.82) is 0 Å². The maximum atomic E-state index is 5.98. The molecular weight excluding hydrogens is 238 g/mol. The molecule has 1 aromatic rings. The molecule has 4 heteroatoms. The molecule has 0 radical (unpaired) electrons. The Morgan fingerprint density at radius 3 is 2.74 bits per heavy atom. The van der Waals surface area contributed by atoms with Gasteiger partial charge < -0.3 is 20.3 Å². The SMILES string of the molecule is COc1ccc(C)cc1N1C(C)CN(C)CC1CN. The van der Waals surface area contributed by atoms with Crippen molar-refractivity contribution in [1.82, 2.24) is 4.90 Å². The van der Waals surface area contributed by atoms with Gasteiger partial charge in [0, 0.05) is 25.7 Å². The summed E-state index contributed by atoms with van der Waals surface area (Å²) in [6.07, 6.45) is 0. The van der Waals surface area contributed by atoms with Gasteiger partial charge in [0.15, 0.2) is 0 Å². The average molecular weight is 263 g/mol. The molecule has 2 N–H and O–H groups in total. The van der Waals surface area contributed by atoms with Crippen LogP contribution in [0, 0.1) is 6.92 Å². The minimum atomic E-state index is 0.337. The van der Waals surface area contributed by atoms with Crippen LogP contribution in [0.15, 0.2) is 18.2 Å². The molecule has 2 unspecified atom stereocenters. The van der Waals surface area contributed by atoms with E-state index in [4.69, 9.17) is 10.5 Å². The van der Waals surface area contributed by atoms with E-state index in [0.29, 0.717) is 18.6 Å². The van der Waals surface area contributed by atoms with E-state index in [1.54, 1.807) is 7.11 Å². The molecule has 0 amide bonds. The number of hydrogen-bond donors (Lipinski definition) is 1. The number of benzene rings is 1. The van der Waals surface area contributed by atoms with Gasteiger partial charge in [0.05, 0.1) is 18.8 Å². The quantitative estimate of drug-likeness (QED) is 0.897. The number of rotatable bonds is 3. The van der Waals surface area contributed by atoms with Crippen LogP contribution in [0.2, 0.25) is 0 Å². The van der Waals surface area contributed by atoms with Crippen LogP contribution < -0.4 is 15.4 Å². The Hall–Kier alpha value is -1.26. The van der Waals surface area contributed by atoms with Gasteiger partial charge in [-0.05, 0) is 38.6 Å². The van der Waals surface area contributed by atoms with Gasteiger partial charge in [0.1, 0.15) is 5.75 Å². The molecule has 0 aromatic heterocycles. The Labute approximate surface area is 116 Å². The third kappa shape index (κ3) is 2.85. The van der Waals surface area contributed by atoms with Crippen LogP contribution in [-0.2, 0) is 0 Å². The number of aryl methyl sites for hydroxylation is 1. The van der Waals surface area contributed by atoms with E-state index in [2.05, 4.69) is 42.8 Å². The monoisotopic (exact) mass is 263 g/mol. The first-order valence-corrected chi connectivity index (χ1v) is 6.88. The van der Waals surface area contributed by atoms with Crippen LogP contribution in [0.25, 0.3) is 0 Å². The molecule has 1 heterocycles. The lowest BCUT2D eigenvalue weighted by Gasteiger charge is -2.46. The lowest BCUT2D eigenvalue weighted by Crippen LogP contribution is -2.59. The molecule has 1 fully saturated rings. The van der Waals surface area contributed by atoms with Crippen molar-refractivity contribution in [3.63, 3.8) is 0 Å². The van der Waals surface area contributed by atoms with E-state index in [-0.39, 0.29) is 0 Å². The second-order valence-corrected chi connectivity index (χ2v) is 5.54. The van der Waals surface area contributed by atoms with Gasteiger partial charge in [0.2, 0.25) is 0 Å². The zero-order valence-electron chi connectivity index (χ0n) is 12.4. The minimum Gasteiger partial charge on any atom is -0.495 e. The summed E-state index contributed by atoms with van der Waals surface area (Å²) in [7, 11) is 3.89. The number of ether oxygens (including phenoxy) is 1. The number of piperazine rings is 1. The Kier molecular flexibility index (Phi) is 4.32. The van der Waals surface area contributed by atoms with Gasteiger partial charge in [-0.25, -0.2) is 0 Å². The smallest absolute Gasteiger partial charge is 0.142 e. The lowest BCUT2D eigenvalue weighted by molar-refractivity contribution is 0.233. The summed E-state index contributed by atoms with van der Waals surface area (Å²) in [4.78, 5) is 4.77. The number of nitrogens with zero attached hydrogens (tertiary/aromatic N) is 2. The Bertz CT molecular complexity index is 435. The maximum absolute atomic E-state index is 5.98. The van der Waals surface area contributed by atoms with E-state index in [1.807, 2.05) is 6.07 Å². The first-order chi connectivity index (χ1) is 9.06. The summed E-state index contributed by atoms with van der Waals surface area (Å²) in [5.74, 6) is 0.931. The van der Waals surface area contributed by atoms with Crippen LogP contribution >= 0.6 is 0 Å². The molecule has 106 valence electrons. The third-order valence-corrected chi connectivity index (χ3v) is 3.85. The van der Waals surface area contributed by atoms with Crippen molar-refractivity contribution >= 4 is 5.69 Å². The van der Waals surface area contributed by atoms with E-state index >= 15 is 0 Å². The molecule has 2 atom stereocenters. The van der Waals surface area contributed by atoms with Crippen molar-refractivity contribution in [2.75, 3.05) is 38.7 Å². The molecule has 0 bridgehead atoms. The van der Waals surface area contributed by atoms with Gasteiger partial charge in [-0.2, -0.15) is 0 Å². The maximum Gasteiger partial charge on any atom is 0.142 e. The van der Waals surface area contributed by atoms with E-state index in [1.165, 1.54) is 11.3 Å². The zero-order chi connectivity index (χ0) is 14.0. The Morgan fingerprint density at radius 1 is 1.37 bits per heavy atom. The standard InChI is InChI=1S/C15H25N3O/c1-11-5-6-15(19-4)14(7-11)18-12(2)9-17(3)10-13(18)8-16/h5-7,12-13H,8-10,16H2,1-4H3. The van der Waals surface area contributed by atoms with Crippen LogP contribution in [-0.4, -0.2) is 50.8 Å². The van der Waals surface area contributed by atoms with Gasteiger partial charge in [0.25, 0.3) is 0 Å². The highest BCUT2D eigenvalue weighted by Crippen LogP contribution is 2.33. The van der Waals surface area contributed by atoms with E-state index < -0.39 is 0 Å². The predicted molar refractivity (Wildman–Crippen MR) is 80.0 cm³/mol.